The second-order valence-electron chi connectivity index (χ2n) is 0.977. The molecule has 0 heterocycles. The number of hydrogen-bond acceptors (Lipinski definition) is 0. The van der Waals surface area contributed by atoms with Gasteiger partial charge in [-0.3, -0.25) is 0 Å². The molecular weight excluding hydrogens is 315 g/mol. The molecule has 0 nitrogen and oxygen atoms in total. The van der Waals surface area contributed by atoms with E-state index in [0.717, 1.165) is 0 Å². The van der Waals surface area contributed by atoms with Crippen molar-refractivity contribution in [2.24, 2.45) is 5.92 Å². The molecule has 0 aliphatic carbocycles. The zero-order chi connectivity index (χ0) is 3.58. The maximum atomic E-state index is 5.00. The van der Waals surface area contributed by atoms with Gasteiger partial charge in [-0.25, -0.2) is 0 Å². The minimum atomic E-state index is 0. The van der Waals surface area contributed by atoms with Crippen molar-refractivity contribution < 1.29 is 0 Å². The van der Waals surface area contributed by atoms with Gasteiger partial charge in [-0.1, -0.05) is 13.8 Å². The van der Waals surface area contributed by atoms with E-state index in [-0.39, 0.29) is 5.92 Å². The predicted molar refractivity (Wildman–Crippen MR) is 18.8 cm³/mol. The molecule has 2 radical (unpaired) electrons. The Balaban J connectivity index is 0. The molecule has 0 N–H and O–H groups in total. The van der Waals surface area contributed by atoms with Crippen LogP contribution in [0, 0.1) is 19.8 Å². The summed E-state index contributed by atoms with van der Waals surface area (Å²) in [6.45, 7) is 10.2. The van der Waals surface area contributed by atoms with Gasteiger partial charge in [0.25, 0.3) is 0 Å². The van der Waals surface area contributed by atoms with E-state index in [0.29, 0.717) is 0 Å². The van der Waals surface area contributed by atoms with Gasteiger partial charge in [0.2, 0.25) is 0 Å². The van der Waals surface area contributed by atoms with Crippen LogP contribution < -0.4 is 0 Å². The summed E-state index contributed by atoms with van der Waals surface area (Å²) in [5.41, 5.74) is 0. The molecule has 0 aromatic rings. The minimum Gasteiger partial charge on any atom is -0.340 e. The Morgan fingerprint density at radius 1 is 1.80 bits per heavy atom. The van der Waals surface area contributed by atoms with E-state index < -0.39 is 0 Å². The first-order valence-corrected chi connectivity index (χ1v) is 1.32. The van der Waals surface area contributed by atoms with Crippen LogP contribution in [0.25, 0.3) is 0 Å². The molecule has 0 aliphatic rings. The topological polar surface area (TPSA) is 0 Å². The van der Waals surface area contributed by atoms with Gasteiger partial charge in [-0.15, -0.1) is 0 Å². The smallest absolute Gasteiger partial charge is 0 e. The third-order valence-electron chi connectivity index (χ3n) is 0. The standard InChI is InChI=1S/C4H7.Rf/c1-4(2)3;/h1,4H,2H2,3H3;/q-1;. The number of hydrogen-bond donors (Lipinski definition) is 0. The van der Waals surface area contributed by atoms with Gasteiger partial charge in [-0.2, -0.15) is 5.92 Å². The van der Waals surface area contributed by atoms with Gasteiger partial charge >= 0.3 is 0 Å². The summed E-state index contributed by atoms with van der Waals surface area (Å²) in [6.07, 6.45) is 0. The molecule has 5 heavy (non-hydrogen) atoms. The molecule has 0 rings (SSSR count). The Labute approximate surface area is 27.8 Å². The molecular formula is C4H7Rf-. The first-order chi connectivity index (χ1) is 1.73. The van der Waals surface area contributed by atoms with Crippen molar-refractivity contribution in [1.29, 1.82) is 0 Å². The second kappa shape index (κ2) is 3.00. The van der Waals surface area contributed by atoms with E-state index >= 15 is 0 Å². The molecule has 1 unspecified atom stereocenters. The van der Waals surface area contributed by atoms with Gasteiger partial charge in [0.1, 0.15) is 0 Å². The van der Waals surface area contributed by atoms with Crippen LogP contribution in [0.5, 0.6) is 0 Å². The Bertz CT molecular complexity index is 8.36. The van der Waals surface area contributed by atoms with Crippen molar-refractivity contribution in [1.82, 2.24) is 0 Å². The molecule has 0 aromatic heterocycles. The summed E-state index contributed by atoms with van der Waals surface area (Å²) in [4.78, 5) is 0. The third-order valence-corrected chi connectivity index (χ3v) is 0. The van der Waals surface area contributed by atoms with Crippen molar-refractivity contribution in [3.05, 3.63) is 13.8 Å². The average molecular weight is 322 g/mol. The van der Waals surface area contributed by atoms with Crippen LogP contribution in [0.1, 0.15) is 6.92 Å². The zero-order valence-corrected chi connectivity index (χ0v) is 9.97. The summed E-state index contributed by atoms with van der Waals surface area (Å²) < 4.78 is 0. The van der Waals surface area contributed by atoms with Crippen LogP contribution in [-0.4, -0.2) is 0 Å². The Hall–Kier alpha value is -1.00. The molecule has 0 fully saturated rings. The zero-order valence-electron chi connectivity index (χ0n) is 3.57. The average Bonchev–Trinajstić information content (AvgIpc) is 0.811. The minimum absolute atomic E-state index is 0. The normalized spacial score (nSPS) is 7.20. The fourth-order valence-corrected chi connectivity index (χ4v) is 0. The number of rotatable bonds is 0. The van der Waals surface area contributed by atoms with E-state index in [1.807, 2.05) is 6.92 Å². The molecule has 1 atom stereocenters. The van der Waals surface area contributed by atoms with Crippen LogP contribution >= 0.6 is 0 Å². The largest absolute Gasteiger partial charge is 0.340 e. The van der Waals surface area contributed by atoms with Crippen LogP contribution in [-0.2, 0) is 0 Å². The van der Waals surface area contributed by atoms with Gasteiger partial charge in [0.15, 0.2) is 0 Å². The monoisotopic (exact) mass is 322 g/mol. The second-order valence-corrected chi connectivity index (χ2v) is 0.977. The fourth-order valence-electron chi connectivity index (χ4n) is 0. The van der Waals surface area contributed by atoms with E-state index in [1.54, 1.807) is 0 Å². The van der Waals surface area contributed by atoms with Crippen LogP contribution in [0.3, 0.4) is 0 Å². The Kier molecular flexibility index (Phi) is 5.40. The molecule has 0 saturated heterocycles. The maximum Gasteiger partial charge on any atom is 0 e. The molecule has 0 aliphatic heterocycles. The molecule has 0 amide bonds. The van der Waals surface area contributed by atoms with Gasteiger partial charge in [0.05, 0.1) is 0 Å². The van der Waals surface area contributed by atoms with Crippen molar-refractivity contribution in [3.8, 4) is 0 Å². The van der Waals surface area contributed by atoms with E-state index in [4.69, 9.17) is 6.92 Å². The van der Waals surface area contributed by atoms with Crippen molar-refractivity contribution >= 4 is 0 Å². The summed E-state index contributed by atoms with van der Waals surface area (Å²) in [6, 6.07) is 0. The first-order valence-electron chi connectivity index (χ1n) is 1.32. The quantitative estimate of drug-likeness (QED) is 0.588. The molecule has 26 valence electrons. The maximum absolute atomic E-state index is 5.00. The fraction of sp³-hybridized carbons (Fsp3) is 0.500. The van der Waals surface area contributed by atoms with E-state index in [1.165, 1.54) is 0 Å². The van der Waals surface area contributed by atoms with Crippen LogP contribution in [0.2, 0.25) is 0 Å². The van der Waals surface area contributed by atoms with Crippen molar-refractivity contribution in [2.75, 3.05) is 0 Å². The summed E-state index contributed by atoms with van der Waals surface area (Å²) >= 11 is 0. The molecule has 0 saturated carbocycles. The Morgan fingerprint density at radius 2 is 1.80 bits per heavy atom. The van der Waals surface area contributed by atoms with Crippen LogP contribution in [0.15, 0.2) is 0 Å². The van der Waals surface area contributed by atoms with Crippen LogP contribution in [0.4, 0.5) is 0 Å². The van der Waals surface area contributed by atoms with Gasteiger partial charge in [-0.05, 0) is 0 Å². The first kappa shape index (κ1) is 9.00. The van der Waals surface area contributed by atoms with E-state index in [9.17, 15) is 0 Å². The summed E-state index contributed by atoms with van der Waals surface area (Å²) in [5.74, 6) is 0.0833. The summed E-state index contributed by atoms with van der Waals surface area (Å²) in [5, 5.41) is 0. The molecule has 0 spiro atoms. The predicted octanol–water partition coefficient (Wildman–Crippen LogP) is 1.17. The van der Waals surface area contributed by atoms with Crippen molar-refractivity contribution in [3.63, 3.8) is 0 Å². The molecule has 1 heteroatoms. The molecule has 0 aromatic carbocycles. The Morgan fingerprint density at radius 3 is 1.80 bits per heavy atom. The van der Waals surface area contributed by atoms with Crippen molar-refractivity contribution in [2.45, 2.75) is 6.92 Å². The van der Waals surface area contributed by atoms with Gasteiger partial charge in [0, 0.05) is 0 Å². The van der Waals surface area contributed by atoms with Gasteiger partial charge < -0.3 is 6.92 Å². The SMILES string of the molecule is [CH]C([CH2-])C.[Rf]. The third kappa shape index (κ3) is 3.00. The molecule has 0 bridgehead atoms. The van der Waals surface area contributed by atoms with E-state index in [2.05, 4.69) is 6.92 Å². The summed E-state index contributed by atoms with van der Waals surface area (Å²) in [7, 11) is 0.